The number of aliphatic hydroxyl groups excluding tert-OH is 1. The summed E-state index contributed by atoms with van der Waals surface area (Å²) in [6.45, 7) is 2.77. The Morgan fingerprint density at radius 2 is 1.70 bits per heavy atom. The fourth-order valence-electron chi connectivity index (χ4n) is 2.53. The average Bonchev–Trinajstić information content (AvgIpc) is 2.61. The van der Waals surface area contributed by atoms with E-state index in [1.165, 1.54) is 0 Å². The van der Waals surface area contributed by atoms with Crippen molar-refractivity contribution in [3.05, 3.63) is 59.7 Å². The zero-order valence-corrected chi connectivity index (χ0v) is 14.0. The maximum atomic E-state index is 10.3. The summed E-state index contributed by atoms with van der Waals surface area (Å²) < 4.78 is 10.6. The lowest BCUT2D eigenvalue weighted by Gasteiger charge is -2.20. The number of benzene rings is 2. The van der Waals surface area contributed by atoms with Crippen LogP contribution in [0.15, 0.2) is 48.5 Å². The molecule has 0 heterocycles. The van der Waals surface area contributed by atoms with Crippen LogP contribution in [0.25, 0.3) is 0 Å². The van der Waals surface area contributed by atoms with Gasteiger partial charge in [-0.2, -0.15) is 0 Å². The molecule has 2 N–H and O–H groups in total. The fourth-order valence-corrected chi connectivity index (χ4v) is 2.53. The Morgan fingerprint density at radius 1 is 1.00 bits per heavy atom. The molecule has 124 valence electrons. The first kappa shape index (κ1) is 17.3. The summed E-state index contributed by atoms with van der Waals surface area (Å²) in [6.07, 6.45) is 0.341. The van der Waals surface area contributed by atoms with Crippen molar-refractivity contribution >= 4 is 0 Å². The number of aliphatic hydroxyl groups is 1. The zero-order valence-electron chi connectivity index (χ0n) is 14.0. The van der Waals surface area contributed by atoms with Crippen molar-refractivity contribution in [3.8, 4) is 11.5 Å². The number of rotatable bonds is 8. The lowest BCUT2D eigenvalue weighted by atomic mass is 10.0. The minimum absolute atomic E-state index is 0.0162. The second-order valence-electron chi connectivity index (χ2n) is 5.54. The molecule has 0 saturated carbocycles. The van der Waals surface area contributed by atoms with E-state index in [0.29, 0.717) is 0 Å². The number of ether oxygens (including phenoxy) is 2. The minimum Gasteiger partial charge on any atom is -0.493 e. The van der Waals surface area contributed by atoms with E-state index in [0.717, 1.165) is 35.6 Å². The van der Waals surface area contributed by atoms with Crippen molar-refractivity contribution in [1.29, 1.82) is 0 Å². The van der Waals surface area contributed by atoms with E-state index in [1.807, 2.05) is 55.5 Å². The molecule has 2 aromatic rings. The van der Waals surface area contributed by atoms with Gasteiger partial charge in [0.1, 0.15) is 0 Å². The van der Waals surface area contributed by atoms with Gasteiger partial charge < -0.3 is 19.9 Å². The fraction of sp³-hybridized carbons (Fsp3) is 0.368. The molecule has 0 aliphatic rings. The highest BCUT2D eigenvalue weighted by molar-refractivity contribution is 5.42. The van der Waals surface area contributed by atoms with Gasteiger partial charge >= 0.3 is 0 Å². The predicted molar refractivity (Wildman–Crippen MR) is 92.1 cm³/mol. The highest BCUT2D eigenvalue weighted by atomic mass is 16.5. The Labute approximate surface area is 138 Å². The van der Waals surface area contributed by atoms with Crippen LogP contribution in [0.2, 0.25) is 0 Å². The standard InChI is InChI=1S/C19H25NO3/c1-14(19(21)16-7-5-4-6-8-16)20-12-11-15-9-10-17(22-2)18(13-15)23-3/h4-10,13-14,19-21H,11-12H2,1-3H3/t14-,19-/m0/s1. The average molecular weight is 315 g/mol. The Balaban J connectivity index is 1.87. The molecule has 0 aliphatic heterocycles. The van der Waals surface area contributed by atoms with Crippen molar-refractivity contribution in [3.63, 3.8) is 0 Å². The Kier molecular flexibility index (Phi) is 6.44. The molecular weight excluding hydrogens is 290 g/mol. The van der Waals surface area contributed by atoms with E-state index in [9.17, 15) is 5.11 Å². The maximum Gasteiger partial charge on any atom is 0.160 e. The van der Waals surface area contributed by atoms with Gasteiger partial charge in [-0.05, 0) is 43.1 Å². The van der Waals surface area contributed by atoms with E-state index in [1.54, 1.807) is 14.2 Å². The molecule has 0 spiro atoms. The number of hydrogen-bond acceptors (Lipinski definition) is 4. The molecule has 4 nitrogen and oxygen atoms in total. The van der Waals surface area contributed by atoms with Crippen molar-refractivity contribution in [1.82, 2.24) is 5.32 Å². The summed E-state index contributed by atoms with van der Waals surface area (Å²) in [6, 6.07) is 15.6. The van der Waals surface area contributed by atoms with Crippen LogP contribution < -0.4 is 14.8 Å². The monoisotopic (exact) mass is 315 g/mol. The summed E-state index contributed by atoms with van der Waals surface area (Å²) in [7, 11) is 3.27. The molecule has 0 radical (unpaired) electrons. The molecule has 0 bridgehead atoms. The SMILES string of the molecule is COc1ccc(CCN[C@@H](C)[C@H](O)c2ccccc2)cc1OC. The van der Waals surface area contributed by atoms with Gasteiger partial charge in [0.15, 0.2) is 11.5 Å². The van der Waals surface area contributed by atoms with E-state index in [-0.39, 0.29) is 6.04 Å². The molecule has 2 rings (SSSR count). The van der Waals surface area contributed by atoms with Gasteiger partial charge in [-0.15, -0.1) is 0 Å². The molecule has 23 heavy (non-hydrogen) atoms. The molecule has 2 atom stereocenters. The molecular formula is C19H25NO3. The zero-order chi connectivity index (χ0) is 16.7. The Bertz CT molecular complexity index is 601. The van der Waals surface area contributed by atoms with Gasteiger partial charge in [-0.25, -0.2) is 0 Å². The van der Waals surface area contributed by atoms with Gasteiger partial charge in [0, 0.05) is 6.04 Å². The van der Waals surface area contributed by atoms with Crippen LogP contribution >= 0.6 is 0 Å². The maximum absolute atomic E-state index is 10.3. The van der Waals surface area contributed by atoms with Crippen molar-refractivity contribution in [2.75, 3.05) is 20.8 Å². The normalized spacial score (nSPS) is 13.4. The lowest BCUT2D eigenvalue weighted by Crippen LogP contribution is -2.33. The van der Waals surface area contributed by atoms with E-state index in [2.05, 4.69) is 5.32 Å². The summed E-state index contributed by atoms with van der Waals surface area (Å²) in [5, 5.41) is 13.7. The third-order valence-corrected chi connectivity index (χ3v) is 3.94. The molecule has 0 aromatic heterocycles. The predicted octanol–water partition coefficient (Wildman–Crippen LogP) is 2.96. The molecule has 0 saturated heterocycles. The summed E-state index contributed by atoms with van der Waals surface area (Å²) in [5.41, 5.74) is 2.09. The minimum atomic E-state index is -0.512. The molecule has 2 aromatic carbocycles. The summed E-state index contributed by atoms with van der Waals surface area (Å²) in [5.74, 6) is 1.47. The Hall–Kier alpha value is -2.04. The third-order valence-electron chi connectivity index (χ3n) is 3.94. The van der Waals surface area contributed by atoms with Gasteiger partial charge in [0.05, 0.1) is 20.3 Å². The first-order chi connectivity index (χ1) is 11.2. The largest absolute Gasteiger partial charge is 0.493 e. The molecule has 0 aliphatic carbocycles. The first-order valence-electron chi connectivity index (χ1n) is 7.83. The van der Waals surface area contributed by atoms with E-state index < -0.39 is 6.10 Å². The smallest absolute Gasteiger partial charge is 0.160 e. The van der Waals surface area contributed by atoms with Crippen LogP contribution in [0.3, 0.4) is 0 Å². The topological polar surface area (TPSA) is 50.7 Å². The van der Waals surface area contributed by atoms with Crippen LogP contribution in [0.1, 0.15) is 24.2 Å². The summed E-state index contributed by atoms with van der Waals surface area (Å²) >= 11 is 0. The van der Waals surface area contributed by atoms with E-state index >= 15 is 0 Å². The van der Waals surface area contributed by atoms with Crippen LogP contribution in [-0.2, 0) is 6.42 Å². The van der Waals surface area contributed by atoms with Crippen LogP contribution in [0, 0.1) is 0 Å². The second-order valence-corrected chi connectivity index (χ2v) is 5.54. The van der Waals surface area contributed by atoms with Gasteiger partial charge in [-0.3, -0.25) is 0 Å². The van der Waals surface area contributed by atoms with E-state index in [4.69, 9.17) is 9.47 Å². The highest BCUT2D eigenvalue weighted by Crippen LogP contribution is 2.27. The van der Waals surface area contributed by atoms with Crippen LogP contribution in [0.4, 0.5) is 0 Å². The van der Waals surface area contributed by atoms with Crippen LogP contribution in [-0.4, -0.2) is 31.9 Å². The Morgan fingerprint density at radius 3 is 2.35 bits per heavy atom. The van der Waals surface area contributed by atoms with Gasteiger partial charge in [0.25, 0.3) is 0 Å². The highest BCUT2D eigenvalue weighted by Gasteiger charge is 2.15. The van der Waals surface area contributed by atoms with Crippen molar-refractivity contribution < 1.29 is 14.6 Å². The molecule has 0 unspecified atom stereocenters. The first-order valence-corrected chi connectivity index (χ1v) is 7.83. The molecule has 4 heteroatoms. The van der Waals surface area contributed by atoms with Crippen LogP contribution in [0.5, 0.6) is 11.5 Å². The quantitative estimate of drug-likeness (QED) is 0.786. The lowest BCUT2D eigenvalue weighted by molar-refractivity contribution is 0.136. The second kappa shape index (κ2) is 8.56. The van der Waals surface area contributed by atoms with Gasteiger partial charge in [0.2, 0.25) is 0 Å². The van der Waals surface area contributed by atoms with Crippen molar-refractivity contribution in [2.24, 2.45) is 0 Å². The number of nitrogens with one attached hydrogen (secondary N) is 1. The number of methoxy groups -OCH3 is 2. The number of hydrogen-bond donors (Lipinski definition) is 2. The van der Waals surface area contributed by atoms with Crippen molar-refractivity contribution in [2.45, 2.75) is 25.5 Å². The molecule has 0 fully saturated rings. The molecule has 0 amide bonds. The third kappa shape index (κ3) is 4.71. The van der Waals surface area contributed by atoms with Gasteiger partial charge in [-0.1, -0.05) is 36.4 Å². The summed E-state index contributed by atoms with van der Waals surface area (Å²) in [4.78, 5) is 0.